The van der Waals surface area contributed by atoms with Crippen molar-refractivity contribution in [3.63, 3.8) is 0 Å². The van der Waals surface area contributed by atoms with Crippen molar-refractivity contribution in [3.8, 4) is 17.1 Å². The van der Waals surface area contributed by atoms with Gasteiger partial charge in [0, 0.05) is 137 Å². The summed E-state index contributed by atoms with van der Waals surface area (Å²) in [6, 6.07) is 65.4. The van der Waals surface area contributed by atoms with Crippen molar-refractivity contribution in [2.24, 2.45) is 45.5 Å². The van der Waals surface area contributed by atoms with E-state index in [0.29, 0.717) is 89.5 Å². The fourth-order valence-electron chi connectivity index (χ4n) is 15.1. The summed E-state index contributed by atoms with van der Waals surface area (Å²) in [5, 5.41) is 73.6. The van der Waals surface area contributed by atoms with Crippen LogP contribution in [-0.2, 0) is 64.1 Å². The number of aryl methyl sites for hydroxylation is 2. The van der Waals surface area contributed by atoms with E-state index in [4.69, 9.17) is 16.6 Å². The number of amides is 4. The van der Waals surface area contributed by atoms with Crippen LogP contribution in [0.1, 0.15) is 179 Å². The van der Waals surface area contributed by atoms with Crippen LogP contribution in [0.2, 0.25) is 5.02 Å². The average Bonchev–Trinajstić information content (AvgIpc) is 1.49. The Kier molecular flexibility index (Phi) is 33.0. The number of Topliss-reactive ketones (excluding diaryl/α,β-unsaturated/α-hetero) is 2. The number of ketones is 2. The van der Waals surface area contributed by atoms with E-state index >= 15 is 0 Å². The molecule has 141 heavy (non-hydrogen) atoms. The highest BCUT2D eigenvalue weighted by Crippen LogP contribution is 2.31. The number of phenolic OH excluding ortho intramolecular Hbond substituents is 1. The first kappa shape index (κ1) is 99.8. The highest BCUT2D eigenvalue weighted by atomic mass is 35.5. The Labute approximate surface area is 818 Å². The first-order valence-electron chi connectivity index (χ1n) is 45.6. The lowest BCUT2D eigenvalue weighted by molar-refractivity contribution is -0.117. The highest BCUT2D eigenvalue weighted by molar-refractivity contribution is 6.39. The first-order chi connectivity index (χ1) is 68.2. The number of nitrogens with one attached hydrogen (secondary N) is 5. The van der Waals surface area contributed by atoms with Crippen LogP contribution in [0.5, 0.6) is 5.75 Å². The largest absolute Gasteiger partial charge is 0.507 e. The van der Waals surface area contributed by atoms with E-state index in [9.17, 15) is 33.9 Å². The smallest absolute Gasteiger partial charge is 0.411 e. The van der Waals surface area contributed by atoms with E-state index in [1.165, 1.54) is 21.2 Å². The SMILES string of the molecule is CC(C)c1nc2n(n1)N=C(c1ccccc1Cl)C2.CC1=Nn2c(C)nnc2C1.CC1=Nn2nc(-c3ccccc3)nc2C1.CC1=Nn2nc(C(C)C)nc2C1.CCNc1ccccc1C1=NC(c2ccccc2)=NC1.CNC(=O)C1=CCc2c(NC(=O)OC)cccc2C1=O.CNC(=O)C1=CCc2ccccc2C1=O.CNC(=O)C1=Nn2c(C)nnc2C1.Oc1ccccc1C1=NC(c2ccccc2)=NC1. The summed E-state index contributed by atoms with van der Waals surface area (Å²) in [5.74, 6) is 9.60. The average molecular weight is 1910 g/mol. The summed E-state index contributed by atoms with van der Waals surface area (Å²) in [6.07, 6.45) is 7.32. The molecule has 8 aromatic carbocycles. The molecule has 718 valence electrons. The van der Waals surface area contributed by atoms with Crippen LogP contribution in [-0.4, -0.2) is 214 Å². The fourth-order valence-corrected chi connectivity index (χ4v) is 15.4. The maximum Gasteiger partial charge on any atom is 0.411 e. The maximum absolute atomic E-state index is 12.3. The van der Waals surface area contributed by atoms with Crippen LogP contribution in [0.4, 0.5) is 16.2 Å². The Hall–Kier alpha value is -17.1. The molecule has 5 aromatic heterocycles. The maximum atomic E-state index is 12.3. The summed E-state index contributed by atoms with van der Waals surface area (Å²) in [6.45, 7) is 22.1. The molecule has 13 aromatic rings. The molecule has 0 atom stereocenters. The fraction of sp³-hybridized carbons (Fsp3) is 0.252. The summed E-state index contributed by atoms with van der Waals surface area (Å²) < 4.78 is 7.91. The number of phenols is 1. The molecule has 0 fully saturated rings. The standard InChI is InChI=1S/C17H17N3.C15H12N2O.C14H14N2O4.C13H13ClN4.C12H11NO2.C11H10N4.C8H12N4.C7H9N5O.C6H8N4/c1-2-18-15-11-7-6-10-14(15)16-12-19-17(20-16)13-8-4-3-5-9-13;18-14-9-5-4-8-12(14)13-10-16-15(17-13)11-6-2-1-3-7-11;1-15-13(18)10-7-6-8-9(12(10)17)4-3-5-11(8)16-14(19)20-2;1-8(2)13-15-12-7-11(16-18(12)17-13)9-5-3-4-6-10(9)14;1-13-12(15)10-7-6-8-4-2-3-5-9(8)11(10)14;1-8-7-10-12-11(14-15(10)13-8)9-5-3-2-4-6-9;1-5(2)8-9-7-4-6(3)10-12(7)11-8;1-4-9-10-6-3-5(7(13)8-2)11-12(4)6;1-4-3-6-8-7-5(2)10(6)9-4/h3-11,18H,2,12H2,1H3;1-9,18H,10H2;3-5,7H,6H2,1-2H3,(H,15,18)(H,16,19);3-6,8H,7H2,1-2H3;2-5,7H,6H2,1H3,(H,13,15);2-6H,7H2,1H3;5H,4H2,1-3H3;3H2,1-2H3,(H,8,13);3H2,1-2H3. The lowest BCUT2D eigenvalue weighted by Crippen LogP contribution is -2.28. The van der Waals surface area contributed by atoms with E-state index in [2.05, 4.69) is 169 Å². The minimum absolute atomic E-state index is 0.121. The van der Waals surface area contributed by atoms with Gasteiger partial charge in [-0.05, 0) is 95.8 Å². The Morgan fingerprint density at radius 2 is 0.894 bits per heavy atom. The Morgan fingerprint density at radius 1 is 0.440 bits per heavy atom. The third kappa shape index (κ3) is 24.7. The monoisotopic (exact) mass is 1910 g/mol. The number of aromatic hydroxyl groups is 1. The number of para-hydroxylation sites is 2. The first-order valence-corrected chi connectivity index (χ1v) is 46.0. The molecule has 38 heteroatoms. The molecule has 0 radical (unpaired) electrons. The van der Waals surface area contributed by atoms with Gasteiger partial charge < -0.3 is 31.1 Å². The van der Waals surface area contributed by atoms with Crippen molar-refractivity contribution in [2.45, 2.75) is 126 Å². The number of carbonyl (C=O) groups excluding carboxylic acids is 6. The number of ether oxygens (including phenoxy) is 1. The van der Waals surface area contributed by atoms with Gasteiger partial charge in [0.2, 0.25) is 0 Å². The Bertz CT molecular complexity index is 7230. The van der Waals surface area contributed by atoms with Gasteiger partial charge in [-0.1, -0.05) is 227 Å². The molecule has 4 amide bonds. The number of allylic oxidation sites excluding steroid dienone is 2. The molecule has 7 aliphatic heterocycles. The molecule has 12 heterocycles. The van der Waals surface area contributed by atoms with Crippen molar-refractivity contribution in [2.75, 3.05) is 58.5 Å². The zero-order chi connectivity index (χ0) is 99.9. The molecular weight excluding hydrogens is 1810 g/mol. The van der Waals surface area contributed by atoms with Crippen molar-refractivity contribution in [1.82, 2.24) is 90.3 Å². The second kappa shape index (κ2) is 46.6. The third-order valence-electron chi connectivity index (χ3n) is 22.3. The number of rotatable bonds is 14. The number of anilines is 2. The number of hydrogen-bond acceptors (Lipinski definition) is 28. The van der Waals surface area contributed by atoms with Gasteiger partial charge in [0.05, 0.1) is 61.3 Å². The highest BCUT2D eigenvalue weighted by Gasteiger charge is 2.31. The van der Waals surface area contributed by atoms with Crippen LogP contribution in [0.15, 0.2) is 275 Å². The second-order valence-corrected chi connectivity index (χ2v) is 33.7. The number of carbonyl (C=O) groups is 6. The van der Waals surface area contributed by atoms with E-state index < -0.39 is 12.0 Å². The normalized spacial score (nSPS) is 14.0. The minimum atomic E-state index is -0.605. The van der Waals surface area contributed by atoms with Crippen molar-refractivity contribution in [1.29, 1.82) is 0 Å². The van der Waals surface area contributed by atoms with E-state index in [0.717, 1.165) is 169 Å². The minimum Gasteiger partial charge on any atom is -0.507 e. The number of aromatic nitrogens is 15. The Balaban J connectivity index is 0.000000127. The van der Waals surface area contributed by atoms with Gasteiger partial charge in [-0.2, -0.15) is 25.5 Å². The van der Waals surface area contributed by atoms with Crippen LogP contribution in [0, 0.1) is 13.8 Å². The molecule has 37 nitrogen and oxygen atoms in total. The molecule has 22 rings (SSSR count). The number of methoxy groups -OCH3 is 1. The van der Waals surface area contributed by atoms with Gasteiger partial charge >= 0.3 is 6.09 Å². The number of hydrogen-bond donors (Lipinski definition) is 6. The van der Waals surface area contributed by atoms with E-state index in [1.54, 1.807) is 86.2 Å². The summed E-state index contributed by atoms with van der Waals surface area (Å²) >= 11 is 6.16. The van der Waals surface area contributed by atoms with Gasteiger partial charge in [-0.15, -0.1) is 50.1 Å². The molecule has 6 N–H and O–H groups in total. The van der Waals surface area contributed by atoms with Crippen LogP contribution in [0.3, 0.4) is 0 Å². The van der Waals surface area contributed by atoms with E-state index in [1.807, 2.05) is 185 Å². The van der Waals surface area contributed by atoms with E-state index in [-0.39, 0.29) is 40.3 Å². The third-order valence-corrected chi connectivity index (χ3v) is 22.6. The van der Waals surface area contributed by atoms with Gasteiger partial charge in [0.1, 0.15) is 11.5 Å². The topological polar surface area (TPSA) is 457 Å². The van der Waals surface area contributed by atoms with Gasteiger partial charge in [-0.3, -0.25) is 39.3 Å². The van der Waals surface area contributed by atoms with Crippen LogP contribution in [0.25, 0.3) is 11.4 Å². The molecule has 0 saturated heterocycles. The van der Waals surface area contributed by atoms with Crippen LogP contribution >= 0.6 is 11.6 Å². The van der Waals surface area contributed by atoms with Crippen LogP contribution < -0.4 is 26.6 Å². The molecular formula is C103H106ClN29O8. The predicted octanol–water partition coefficient (Wildman–Crippen LogP) is 13.6. The zero-order valence-corrected chi connectivity index (χ0v) is 81.2. The number of fused-ring (bicyclic) bond motifs is 7. The number of nitrogens with zero attached hydrogens (tertiary/aromatic N) is 24. The number of amidine groups is 2. The molecule has 2 aliphatic carbocycles. The molecule has 9 aliphatic rings. The second-order valence-electron chi connectivity index (χ2n) is 33.2. The molecule has 0 spiro atoms. The summed E-state index contributed by atoms with van der Waals surface area (Å²) in [7, 11) is 5.84. The van der Waals surface area contributed by atoms with Crippen molar-refractivity contribution < 1.29 is 38.6 Å². The molecule has 0 saturated carbocycles. The summed E-state index contributed by atoms with van der Waals surface area (Å²) in [5.41, 5.74) is 17.2. The zero-order valence-electron chi connectivity index (χ0n) is 80.4. The van der Waals surface area contributed by atoms with Gasteiger partial charge in [-0.25, -0.2) is 39.1 Å². The molecule has 0 unspecified atom stereocenters. The quantitative estimate of drug-likeness (QED) is 0.0551. The predicted molar refractivity (Wildman–Crippen MR) is 544 cm³/mol. The number of likely N-dealkylation sites (N-methyl/N-ethyl adjacent to an activating group) is 2. The number of aliphatic imine (C=N–C) groups is 4. The number of benzene rings is 8. The lowest BCUT2D eigenvalue weighted by Gasteiger charge is -2.18. The van der Waals surface area contributed by atoms with Crippen molar-refractivity contribution >= 4 is 110 Å². The molecule has 0 bridgehead atoms. The Morgan fingerprint density at radius 3 is 1.43 bits per heavy atom. The number of halogens is 1. The summed E-state index contributed by atoms with van der Waals surface area (Å²) in [4.78, 5) is 106. The lowest BCUT2D eigenvalue weighted by atomic mass is 9.89. The van der Waals surface area contributed by atoms with Gasteiger partial charge in [0.25, 0.3) is 17.7 Å². The van der Waals surface area contributed by atoms with Crippen molar-refractivity contribution in [3.05, 3.63) is 337 Å². The van der Waals surface area contributed by atoms with Gasteiger partial charge in [0.15, 0.2) is 81.5 Å².